The summed E-state index contributed by atoms with van der Waals surface area (Å²) in [5.74, 6) is -0.346. The lowest BCUT2D eigenvalue weighted by atomic mass is 10.0. The van der Waals surface area contributed by atoms with Crippen molar-refractivity contribution in [1.82, 2.24) is 10.6 Å². The number of aryl methyl sites for hydroxylation is 1. The maximum Gasteiger partial charge on any atom is 0.251 e. The van der Waals surface area contributed by atoms with Crippen LogP contribution in [0.2, 0.25) is 0 Å². The number of hydrogen-bond donors (Lipinski definition) is 3. The molecule has 0 unspecified atom stereocenters. The number of hydrogen-bond acceptors (Lipinski definition) is 4. The SMILES string of the molecule is CCCc1ccc([C@H](NCC(=O)Nc2cccc(C(=O)NC)c2)c2cccs2)cc1. The zero-order valence-electron chi connectivity index (χ0n) is 17.3. The number of carbonyl (C=O) groups is 2. The van der Waals surface area contributed by atoms with E-state index in [2.05, 4.69) is 53.2 Å². The average Bonchev–Trinajstić information content (AvgIpc) is 3.29. The van der Waals surface area contributed by atoms with Crippen LogP contribution in [0.4, 0.5) is 5.69 Å². The van der Waals surface area contributed by atoms with Gasteiger partial charge in [-0.1, -0.05) is 49.7 Å². The molecule has 0 aliphatic carbocycles. The molecular formula is C24H27N3O2S. The fraction of sp³-hybridized carbons (Fsp3) is 0.250. The van der Waals surface area contributed by atoms with Gasteiger partial charge in [0.25, 0.3) is 5.91 Å². The van der Waals surface area contributed by atoms with E-state index >= 15 is 0 Å². The van der Waals surface area contributed by atoms with Crippen LogP contribution in [-0.2, 0) is 11.2 Å². The Kier molecular flexibility index (Phi) is 7.76. The Labute approximate surface area is 181 Å². The monoisotopic (exact) mass is 421 g/mol. The zero-order valence-corrected chi connectivity index (χ0v) is 18.1. The Balaban J connectivity index is 1.67. The molecule has 0 fully saturated rings. The van der Waals surface area contributed by atoms with Gasteiger partial charge in [-0.2, -0.15) is 0 Å². The van der Waals surface area contributed by atoms with Gasteiger partial charge in [0.15, 0.2) is 0 Å². The van der Waals surface area contributed by atoms with E-state index < -0.39 is 0 Å². The Morgan fingerprint density at radius 3 is 2.50 bits per heavy atom. The van der Waals surface area contributed by atoms with E-state index in [9.17, 15) is 9.59 Å². The van der Waals surface area contributed by atoms with Crippen LogP contribution < -0.4 is 16.0 Å². The van der Waals surface area contributed by atoms with Crippen LogP contribution in [0, 0.1) is 0 Å². The number of thiophene rings is 1. The predicted molar refractivity (Wildman–Crippen MR) is 123 cm³/mol. The molecule has 6 heteroatoms. The minimum absolute atomic E-state index is 0.0522. The lowest BCUT2D eigenvalue weighted by Gasteiger charge is -2.18. The van der Waals surface area contributed by atoms with Crippen molar-refractivity contribution in [2.75, 3.05) is 18.9 Å². The van der Waals surface area contributed by atoms with E-state index in [0.29, 0.717) is 11.3 Å². The number of amides is 2. The first-order valence-corrected chi connectivity index (χ1v) is 11.0. The predicted octanol–water partition coefficient (Wildman–Crippen LogP) is 4.38. The maximum atomic E-state index is 12.5. The van der Waals surface area contributed by atoms with Crippen LogP contribution in [-0.4, -0.2) is 25.4 Å². The molecule has 0 saturated carbocycles. The van der Waals surface area contributed by atoms with Gasteiger partial charge in [0.1, 0.15) is 0 Å². The second-order valence-corrected chi connectivity index (χ2v) is 8.01. The van der Waals surface area contributed by atoms with Gasteiger partial charge in [0.05, 0.1) is 12.6 Å². The molecule has 1 aromatic heterocycles. The molecule has 0 aliphatic heterocycles. The van der Waals surface area contributed by atoms with Gasteiger partial charge in [-0.25, -0.2) is 0 Å². The molecule has 0 radical (unpaired) electrons. The summed E-state index contributed by atoms with van der Waals surface area (Å²) in [6.45, 7) is 2.33. The number of carbonyl (C=O) groups excluding carboxylic acids is 2. The van der Waals surface area contributed by atoms with E-state index in [0.717, 1.165) is 23.3 Å². The molecule has 2 amide bonds. The Hall–Kier alpha value is -2.96. The summed E-state index contributed by atoms with van der Waals surface area (Å²) in [5.41, 5.74) is 3.55. The van der Waals surface area contributed by atoms with Crippen LogP contribution >= 0.6 is 11.3 Å². The van der Waals surface area contributed by atoms with Crippen LogP contribution in [0.1, 0.15) is 45.7 Å². The highest BCUT2D eigenvalue weighted by atomic mass is 32.1. The Bertz CT molecular complexity index is 968. The number of benzene rings is 2. The summed E-state index contributed by atoms with van der Waals surface area (Å²) < 4.78 is 0. The molecule has 3 N–H and O–H groups in total. The fourth-order valence-electron chi connectivity index (χ4n) is 3.29. The van der Waals surface area contributed by atoms with Crippen LogP contribution in [0.5, 0.6) is 0 Å². The van der Waals surface area contributed by atoms with Gasteiger partial charge in [-0.3, -0.25) is 14.9 Å². The van der Waals surface area contributed by atoms with Gasteiger partial charge < -0.3 is 10.6 Å². The maximum absolute atomic E-state index is 12.5. The van der Waals surface area contributed by atoms with Crippen LogP contribution in [0.25, 0.3) is 0 Å². The summed E-state index contributed by atoms with van der Waals surface area (Å²) in [6.07, 6.45) is 2.18. The van der Waals surface area contributed by atoms with Crippen molar-refractivity contribution in [3.63, 3.8) is 0 Å². The normalized spacial score (nSPS) is 11.7. The molecule has 2 aromatic carbocycles. The molecule has 1 atom stereocenters. The molecule has 0 aliphatic rings. The highest BCUT2D eigenvalue weighted by molar-refractivity contribution is 7.10. The third kappa shape index (κ3) is 5.78. The molecule has 3 rings (SSSR count). The molecule has 5 nitrogen and oxygen atoms in total. The lowest BCUT2D eigenvalue weighted by Crippen LogP contribution is -2.31. The minimum atomic E-state index is -0.187. The first-order valence-electron chi connectivity index (χ1n) is 10.1. The molecule has 1 heterocycles. The molecule has 3 aromatic rings. The lowest BCUT2D eigenvalue weighted by molar-refractivity contribution is -0.115. The number of rotatable bonds is 9. The zero-order chi connectivity index (χ0) is 21.3. The van der Waals surface area contributed by atoms with Crippen molar-refractivity contribution >= 4 is 28.8 Å². The number of nitrogens with one attached hydrogen (secondary N) is 3. The van der Waals surface area contributed by atoms with Gasteiger partial charge in [-0.05, 0) is 47.2 Å². The Morgan fingerprint density at radius 1 is 1.03 bits per heavy atom. The second kappa shape index (κ2) is 10.7. The standard InChI is InChI=1S/C24H27N3O2S/c1-3-6-17-10-12-18(13-11-17)23(21-9-5-14-30-21)26-16-22(28)27-20-8-4-7-19(15-20)24(29)25-2/h4-5,7-15,23,26H,3,6,16H2,1-2H3,(H,25,29)(H,27,28)/t23-/m0/s1. The topological polar surface area (TPSA) is 70.2 Å². The van der Waals surface area contributed by atoms with Crippen LogP contribution in [0.15, 0.2) is 66.0 Å². The first kappa shape index (κ1) is 21.7. The summed E-state index contributed by atoms with van der Waals surface area (Å²) >= 11 is 1.66. The van der Waals surface area contributed by atoms with Crippen molar-refractivity contribution in [2.24, 2.45) is 0 Å². The molecule has 156 valence electrons. The third-order valence-electron chi connectivity index (χ3n) is 4.78. The summed E-state index contributed by atoms with van der Waals surface area (Å²) in [5, 5.41) is 10.9. The van der Waals surface area contributed by atoms with Crippen LogP contribution in [0.3, 0.4) is 0 Å². The van der Waals surface area contributed by atoms with Crippen molar-refractivity contribution in [3.05, 3.63) is 87.6 Å². The van der Waals surface area contributed by atoms with E-state index in [1.54, 1.807) is 42.6 Å². The van der Waals surface area contributed by atoms with E-state index in [-0.39, 0.29) is 24.4 Å². The van der Waals surface area contributed by atoms with Gasteiger partial charge in [0.2, 0.25) is 5.91 Å². The van der Waals surface area contributed by atoms with E-state index in [4.69, 9.17) is 0 Å². The van der Waals surface area contributed by atoms with E-state index in [1.807, 2.05) is 11.4 Å². The van der Waals surface area contributed by atoms with Crippen molar-refractivity contribution < 1.29 is 9.59 Å². The van der Waals surface area contributed by atoms with Gasteiger partial charge in [-0.15, -0.1) is 11.3 Å². The highest BCUT2D eigenvalue weighted by Crippen LogP contribution is 2.26. The number of anilines is 1. The average molecular weight is 422 g/mol. The minimum Gasteiger partial charge on any atom is -0.355 e. The summed E-state index contributed by atoms with van der Waals surface area (Å²) in [6, 6.07) is 19.5. The molecular weight excluding hydrogens is 394 g/mol. The van der Waals surface area contributed by atoms with E-state index in [1.165, 1.54) is 5.56 Å². The van der Waals surface area contributed by atoms with Crippen molar-refractivity contribution in [3.8, 4) is 0 Å². The quantitative estimate of drug-likeness (QED) is 0.480. The van der Waals surface area contributed by atoms with Crippen molar-refractivity contribution in [1.29, 1.82) is 0 Å². The molecule has 0 spiro atoms. The summed E-state index contributed by atoms with van der Waals surface area (Å²) in [7, 11) is 1.58. The second-order valence-electron chi connectivity index (χ2n) is 7.03. The first-order chi connectivity index (χ1) is 14.6. The molecule has 30 heavy (non-hydrogen) atoms. The van der Waals surface area contributed by atoms with Crippen molar-refractivity contribution in [2.45, 2.75) is 25.8 Å². The third-order valence-corrected chi connectivity index (χ3v) is 5.72. The molecule has 0 saturated heterocycles. The smallest absolute Gasteiger partial charge is 0.251 e. The summed E-state index contributed by atoms with van der Waals surface area (Å²) in [4.78, 5) is 25.5. The molecule has 0 bridgehead atoms. The Morgan fingerprint density at radius 2 is 1.83 bits per heavy atom. The highest BCUT2D eigenvalue weighted by Gasteiger charge is 2.16. The van der Waals surface area contributed by atoms with Gasteiger partial charge >= 0.3 is 0 Å². The largest absolute Gasteiger partial charge is 0.355 e. The fourth-order valence-corrected chi connectivity index (χ4v) is 4.11. The van der Waals surface area contributed by atoms with Gasteiger partial charge in [0, 0.05) is 23.2 Å².